The zero-order valence-electron chi connectivity index (χ0n) is 14.1. The lowest BCUT2D eigenvalue weighted by molar-refractivity contribution is -0.160. The van der Waals surface area contributed by atoms with Crippen LogP contribution in [0.5, 0.6) is 23.0 Å². The second-order valence-electron chi connectivity index (χ2n) is 6.49. The average molecular weight is 394 g/mol. The number of esters is 1. The van der Waals surface area contributed by atoms with E-state index in [1.807, 2.05) is 0 Å². The quantitative estimate of drug-likeness (QED) is 0.481. The summed E-state index contributed by atoms with van der Waals surface area (Å²) >= 11 is 0. The Kier molecular flexibility index (Phi) is 3.32. The molecule has 0 fully saturated rings. The molecular weight excluding hydrogens is 383 g/mol. The maximum Gasteiger partial charge on any atom is 0.349 e. The van der Waals surface area contributed by atoms with E-state index in [0.29, 0.717) is 16.7 Å². The molecule has 2 atom stereocenters. The Labute approximate surface area is 159 Å². The zero-order valence-corrected chi connectivity index (χ0v) is 15.0. The van der Waals surface area contributed by atoms with Gasteiger partial charge in [0, 0.05) is 29.3 Å². The van der Waals surface area contributed by atoms with Gasteiger partial charge in [0.2, 0.25) is 10.9 Å². The van der Waals surface area contributed by atoms with Crippen LogP contribution in [0.3, 0.4) is 0 Å². The Morgan fingerprint density at radius 2 is 1.68 bits per heavy atom. The second-order valence-corrected chi connectivity index (χ2v) is 7.49. The molecule has 0 saturated carbocycles. The summed E-state index contributed by atoms with van der Waals surface area (Å²) in [6.07, 6.45) is 0. The smallest absolute Gasteiger partial charge is 0.349 e. The SMILES string of the molecule is O=C1OC2(c3ccc(O)cc3Oc3cc(O)cc([P+](=O)[O-])c32)c2ccccc21. The number of phenols is 2. The first-order valence-corrected chi connectivity index (χ1v) is 9.45. The van der Waals surface area contributed by atoms with Crippen LogP contribution >= 0.6 is 8.03 Å². The van der Waals surface area contributed by atoms with Gasteiger partial charge in [0.1, 0.15) is 28.6 Å². The van der Waals surface area contributed by atoms with Crippen LogP contribution in [0.1, 0.15) is 27.0 Å². The highest BCUT2D eigenvalue weighted by molar-refractivity contribution is 7.46. The maximum atomic E-state index is 12.7. The van der Waals surface area contributed by atoms with Crippen molar-refractivity contribution in [1.82, 2.24) is 0 Å². The van der Waals surface area contributed by atoms with Crippen molar-refractivity contribution in [3.05, 3.63) is 76.9 Å². The summed E-state index contributed by atoms with van der Waals surface area (Å²) in [5.41, 5.74) is -0.337. The Morgan fingerprint density at radius 1 is 0.929 bits per heavy atom. The summed E-state index contributed by atoms with van der Waals surface area (Å²) in [7, 11) is -3.15. The molecule has 0 bridgehead atoms. The van der Waals surface area contributed by atoms with E-state index < -0.39 is 19.6 Å². The van der Waals surface area contributed by atoms with E-state index in [2.05, 4.69) is 0 Å². The molecule has 8 heteroatoms. The van der Waals surface area contributed by atoms with Crippen LogP contribution in [0, 0.1) is 0 Å². The van der Waals surface area contributed by atoms with Crippen molar-refractivity contribution < 1.29 is 33.9 Å². The van der Waals surface area contributed by atoms with Crippen LogP contribution in [0.2, 0.25) is 0 Å². The Balaban J connectivity index is 1.97. The van der Waals surface area contributed by atoms with Crippen molar-refractivity contribution in [2.75, 3.05) is 0 Å². The Hall–Kier alpha value is -3.41. The molecule has 1 spiro atoms. The fourth-order valence-corrected chi connectivity index (χ4v) is 4.60. The first-order valence-electron chi connectivity index (χ1n) is 8.28. The maximum absolute atomic E-state index is 12.7. The van der Waals surface area contributed by atoms with Gasteiger partial charge in [-0.25, -0.2) is 4.79 Å². The molecule has 28 heavy (non-hydrogen) atoms. The van der Waals surface area contributed by atoms with E-state index in [4.69, 9.17) is 9.47 Å². The van der Waals surface area contributed by atoms with E-state index in [-0.39, 0.29) is 33.9 Å². The Morgan fingerprint density at radius 3 is 2.46 bits per heavy atom. The topological polar surface area (TPSA) is 116 Å². The van der Waals surface area contributed by atoms with Gasteiger partial charge in [-0.1, -0.05) is 22.8 Å². The standard InChI is InChI=1S/C20H11O7P/c21-10-5-6-14-15(7-10)26-16-8-11(22)9-17(28(24)25)18(16)20(14)13-4-2-1-3-12(13)19(23)27-20/h1-9,21-22H. The van der Waals surface area contributed by atoms with Crippen LogP contribution < -0.4 is 14.9 Å². The zero-order chi connectivity index (χ0) is 19.6. The van der Waals surface area contributed by atoms with E-state index in [0.717, 1.165) is 6.07 Å². The third kappa shape index (κ3) is 2.05. The van der Waals surface area contributed by atoms with Gasteiger partial charge in [0.25, 0.3) is 0 Å². The third-order valence-electron chi connectivity index (χ3n) is 4.95. The van der Waals surface area contributed by atoms with Crippen LogP contribution in [-0.2, 0) is 14.9 Å². The number of rotatable bonds is 1. The fourth-order valence-electron chi connectivity index (χ4n) is 3.91. The van der Waals surface area contributed by atoms with Crippen LogP contribution in [0.15, 0.2) is 54.6 Å². The van der Waals surface area contributed by atoms with Crippen molar-refractivity contribution in [1.29, 1.82) is 0 Å². The molecule has 0 radical (unpaired) electrons. The molecule has 0 saturated heterocycles. The molecule has 2 aliphatic rings. The van der Waals surface area contributed by atoms with Gasteiger partial charge in [-0.3, -0.25) is 0 Å². The minimum atomic E-state index is -3.15. The summed E-state index contributed by atoms with van der Waals surface area (Å²) in [5, 5.41) is 19.7. The van der Waals surface area contributed by atoms with Crippen molar-refractivity contribution >= 4 is 19.3 Å². The minimum Gasteiger partial charge on any atom is -0.591 e. The van der Waals surface area contributed by atoms with Gasteiger partial charge in [-0.2, -0.15) is 0 Å². The summed E-state index contributed by atoms with van der Waals surface area (Å²) in [4.78, 5) is 24.7. The molecule has 3 aromatic rings. The third-order valence-corrected chi connectivity index (χ3v) is 5.70. The number of hydrogen-bond donors (Lipinski definition) is 2. The molecule has 7 nitrogen and oxygen atoms in total. The van der Waals surface area contributed by atoms with Crippen molar-refractivity contribution in [2.45, 2.75) is 5.60 Å². The number of hydrogen-bond acceptors (Lipinski definition) is 7. The highest BCUT2D eigenvalue weighted by Gasteiger charge is 2.56. The molecule has 2 aliphatic heterocycles. The first-order chi connectivity index (χ1) is 13.4. The summed E-state index contributed by atoms with van der Waals surface area (Å²) in [5.74, 6) is -0.788. The van der Waals surface area contributed by atoms with Gasteiger partial charge in [0.15, 0.2) is 0 Å². The molecule has 5 rings (SSSR count). The molecule has 0 aromatic heterocycles. The number of ether oxygens (including phenoxy) is 2. The minimum absolute atomic E-state index is 0.0248. The monoisotopic (exact) mass is 394 g/mol. The molecular formula is C20H11O7P. The summed E-state index contributed by atoms with van der Waals surface area (Å²) in [6, 6.07) is 13.3. The molecule has 138 valence electrons. The summed E-state index contributed by atoms with van der Waals surface area (Å²) < 4.78 is 23.6. The lowest BCUT2D eigenvalue weighted by Crippen LogP contribution is -2.37. The molecule has 3 aromatic carbocycles. The lowest BCUT2D eigenvalue weighted by Gasteiger charge is -2.36. The Bertz CT molecular complexity index is 1200. The number of phenolic OH excluding ortho intramolecular Hbond substituents is 2. The molecule has 0 amide bonds. The second kappa shape index (κ2) is 5.55. The van der Waals surface area contributed by atoms with Crippen molar-refractivity contribution in [3.8, 4) is 23.0 Å². The van der Waals surface area contributed by atoms with Crippen LogP contribution in [-0.4, -0.2) is 16.2 Å². The fraction of sp³-hybridized carbons (Fsp3) is 0.0500. The predicted octanol–water partition coefficient (Wildman–Crippen LogP) is 2.39. The van der Waals surface area contributed by atoms with E-state index in [9.17, 15) is 24.5 Å². The van der Waals surface area contributed by atoms with Crippen molar-refractivity contribution in [3.63, 3.8) is 0 Å². The van der Waals surface area contributed by atoms with Crippen molar-refractivity contribution in [2.24, 2.45) is 0 Å². The van der Waals surface area contributed by atoms with Crippen LogP contribution in [0.4, 0.5) is 0 Å². The number of aromatic hydroxyl groups is 2. The van der Waals surface area contributed by atoms with Gasteiger partial charge in [-0.05, 0) is 18.2 Å². The largest absolute Gasteiger partial charge is 0.591 e. The van der Waals surface area contributed by atoms with Gasteiger partial charge < -0.3 is 24.6 Å². The van der Waals surface area contributed by atoms with E-state index in [1.165, 1.54) is 24.3 Å². The first kappa shape index (κ1) is 16.7. The molecule has 2 N–H and O–H groups in total. The number of benzene rings is 3. The number of carbonyl (C=O) groups is 1. The number of fused-ring (bicyclic) bond motifs is 6. The molecule has 2 unspecified atom stereocenters. The van der Waals surface area contributed by atoms with Gasteiger partial charge >= 0.3 is 14.0 Å². The van der Waals surface area contributed by atoms with Gasteiger partial charge in [0.05, 0.1) is 5.56 Å². The van der Waals surface area contributed by atoms with Gasteiger partial charge in [-0.15, -0.1) is 0 Å². The van der Waals surface area contributed by atoms with E-state index >= 15 is 0 Å². The lowest BCUT2D eigenvalue weighted by atomic mass is 9.77. The highest BCUT2D eigenvalue weighted by atomic mass is 31.1. The molecule has 0 aliphatic carbocycles. The van der Waals surface area contributed by atoms with E-state index in [1.54, 1.807) is 24.3 Å². The average Bonchev–Trinajstić information content (AvgIpc) is 2.94. The number of carbonyl (C=O) groups excluding carboxylic acids is 1. The predicted molar refractivity (Wildman–Crippen MR) is 95.3 cm³/mol. The normalized spacial score (nSPS) is 19.3. The summed E-state index contributed by atoms with van der Waals surface area (Å²) in [6.45, 7) is 0. The molecule has 2 heterocycles. The highest BCUT2D eigenvalue weighted by Crippen LogP contribution is 2.57. The van der Waals surface area contributed by atoms with Crippen LogP contribution in [0.25, 0.3) is 0 Å².